The number of nitrogens with one attached hydrogen (secondary N) is 1. The molecular formula is C24H26N2O3. The van der Waals surface area contributed by atoms with Crippen molar-refractivity contribution in [2.45, 2.75) is 26.2 Å². The first kappa shape index (κ1) is 20.4. The second kappa shape index (κ2) is 8.35. The van der Waals surface area contributed by atoms with E-state index in [0.717, 1.165) is 16.3 Å². The summed E-state index contributed by atoms with van der Waals surface area (Å²) in [6.07, 6.45) is 0. The van der Waals surface area contributed by atoms with Gasteiger partial charge in [-0.05, 0) is 46.0 Å². The average Bonchev–Trinajstić information content (AvgIpc) is 2.71. The van der Waals surface area contributed by atoms with Crippen molar-refractivity contribution in [2.75, 3.05) is 13.7 Å². The number of ether oxygens (including phenoxy) is 1. The van der Waals surface area contributed by atoms with Crippen LogP contribution in [0.5, 0.6) is 5.75 Å². The van der Waals surface area contributed by atoms with E-state index in [0.29, 0.717) is 11.3 Å². The Morgan fingerprint density at radius 1 is 0.931 bits per heavy atom. The van der Waals surface area contributed by atoms with Gasteiger partial charge in [0.05, 0.1) is 0 Å². The molecule has 3 aromatic carbocycles. The maximum Gasteiger partial charge on any atom is 0.276 e. The monoisotopic (exact) mass is 390 g/mol. The number of fused-ring (bicyclic) bond motifs is 1. The van der Waals surface area contributed by atoms with E-state index in [1.807, 2.05) is 54.6 Å². The molecule has 29 heavy (non-hydrogen) atoms. The number of nitrogens with zero attached hydrogens (tertiary/aromatic N) is 1. The number of hydrazine groups is 1. The third kappa shape index (κ3) is 5.13. The zero-order valence-corrected chi connectivity index (χ0v) is 17.2. The van der Waals surface area contributed by atoms with Crippen molar-refractivity contribution in [1.29, 1.82) is 0 Å². The first-order valence-corrected chi connectivity index (χ1v) is 9.54. The van der Waals surface area contributed by atoms with Gasteiger partial charge in [-0.25, -0.2) is 0 Å². The van der Waals surface area contributed by atoms with Gasteiger partial charge in [0.15, 0.2) is 6.61 Å². The molecule has 0 radical (unpaired) electrons. The van der Waals surface area contributed by atoms with Crippen LogP contribution in [0.1, 0.15) is 36.7 Å². The maximum atomic E-state index is 12.5. The number of benzene rings is 3. The second-order valence-corrected chi connectivity index (χ2v) is 8.02. The fourth-order valence-electron chi connectivity index (χ4n) is 2.98. The van der Waals surface area contributed by atoms with Crippen molar-refractivity contribution < 1.29 is 14.3 Å². The molecule has 150 valence electrons. The van der Waals surface area contributed by atoms with Gasteiger partial charge in [-0.2, -0.15) is 0 Å². The molecule has 5 heteroatoms. The summed E-state index contributed by atoms with van der Waals surface area (Å²) >= 11 is 0. The SMILES string of the molecule is CN(NC(=O)COc1ccc2ccccc2c1)C(=O)c1ccc(C(C)(C)C)cc1. The molecule has 0 bridgehead atoms. The van der Waals surface area contributed by atoms with Gasteiger partial charge in [-0.1, -0.05) is 63.2 Å². The maximum absolute atomic E-state index is 12.5. The van der Waals surface area contributed by atoms with E-state index in [2.05, 4.69) is 26.2 Å². The molecule has 0 aliphatic carbocycles. The van der Waals surface area contributed by atoms with Gasteiger partial charge >= 0.3 is 0 Å². The van der Waals surface area contributed by atoms with Crippen LogP contribution in [0.4, 0.5) is 0 Å². The Kier molecular flexibility index (Phi) is 5.87. The minimum Gasteiger partial charge on any atom is -0.484 e. The Hall–Kier alpha value is -3.34. The Bertz CT molecular complexity index is 1020. The third-order valence-electron chi connectivity index (χ3n) is 4.69. The van der Waals surface area contributed by atoms with Crippen molar-refractivity contribution in [3.63, 3.8) is 0 Å². The van der Waals surface area contributed by atoms with Gasteiger partial charge < -0.3 is 4.74 Å². The van der Waals surface area contributed by atoms with E-state index in [1.165, 1.54) is 12.1 Å². The fourth-order valence-corrected chi connectivity index (χ4v) is 2.98. The molecule has 0 saturated carbocycles. The van der Waals surface area contributed by atoms with E-state index in [4.69, 9.17) is 4.74 Å². The molecular weight excluding hydrogens is 364 g/mol. The van der Waals surface area contributed by atoms with Crippen molar-refractivity contribution in [2.24, 2.45) is 0 Å². The molecule has 0 aromatic heterocycles. The molecule has 0 saturated heterocycles. The Morgan fingerprint density at radius 3 is 2.24 bits per heavy atom. The largest absolute Gasteiger partial charge is 0.484 e. The minimum atomic E-state index is -0.402. The highest BCUT2D eigenvalue weighted by molar-refractivity contribution is 5.95. The molecule has 0 aliphatic rings. The van der Waals surface area contributed by atoms with Crippen LogP contribution in [0.25, 0.3) is 10.8 Å². The van der Waals surface area contributed by atoms with Gasteiger partial charge in [0.25, 0.3) is 11.8 Å². The molecule has 0 aliphatic heterocycles. The van der Waals surface area contributed by atoms with Crippen LogP contribution in [0.2, 0.25) is 0 Å². The molecule has 0 fully saturated rings. The lowest BCUT2D eigenvalue weighted by Gasteiger charge is -2.21. The van der Waals surface area contributed by atoms with Crippen LogP contribution in [0.15, 0.2) is 66.7 Å². The first-order valence-electron chi connectivity index (χ1n) is 9.54. The molecule has 1 N–H and O–H groups in total. The molecule has 2 amide bonds. The number of hydrogen-bond acceptors (Lipinski definition) is 3. The van der Waals surface area contributed by atoms with Crippen LogP contribution in [0, 0.1) is 0 Å². The predicted molar refractivity (Wildman–Crippen MR) is 115 cm³/mol. The average molecular weight is 390 g/mol. The lowest BCUT2D eigenvalue weighted by Crippen LogP contribution is -2.45. The topological polar surface area (TPSA) is 58.6 Å². The van der Waals surface area contributed by atoms with Crippen molar-refractivity contribution in [3.8, 4) is 5.75 Å². The van der Waals surface area contributed by atoms with Gasteiger partial charge in [-0.15, -0.1) is 0 Å². The van der Waals surface area contributed by atoms with E-state index < -0.39 is 5.91 Å². The molecule has 0 spiro atoms. The summed E-state index contributed by atoms with van der Waals surface area (Å²) in [7, 11) is 1.52. The second-order valence-electron chi connectivity index (χ2n) is 8.02. The summed E-state index contributed by atoms with van der Waals surface area (Å²) in [5.41, 5.74) is 4.22. The summed E-state index contributed by atoms with van der Waals surface area (Å²) < 4.78 is 5.57. The van der Waals surface area contributed by atoms with Crippen molar-refractivity contribution in [1.82, 2.24) is 10.4 Å². The standard InChI is InChI=1S/C24H26N2O3/c1-24(2,3)20-12-9-18(10-13-20)23(28)26(4)25-22(27)16-29-21-14-11-17-7-5-6-8-19(17)15-21/h5-15H,16H2,1-4H3,(H,25,27). The summed E-state index contributed by atoms with van der Waals surface area (Å²) in [4.78, 5) is 24.7. The first-order chi connectivity index (χ1) is 13.7. The Labute approximate surface area is 171 Å². The highest BCUT2D eigenvalue weighted by Crippen LogP contribution is 2.22. The molecule has 0 atom stereocenters. The van der Waals surface area contributed by atoms with E-state index >= 15 is 0 Å². The van der Waals surface area contributed by atoms with Crippen molar-refractivity contribution >= 4 is 22.6 Å². The van der Waals surface area contributed by atoms with Crippen LogP contribution in [-0.2, 0) is 10.2 Å². The molecule has 0 heterocycles. The number of amides is 2. The highest BCUT2D eigenvalue weighted by Gasteiger charge is 2.17. The van der Waals surface area contributed by atoms with Crippen LogP contribution >= 0.6 is 0 Å². The zero-order chi connectivity index (χ0) is 21.0. The Balaban J connectivity index is 1.55. The zero-order valence-electron chi connectivity index (χ0n) is 17.2. The Morgan fingerprint density at radius 2 is 1.59 bits per heavy atom. The van der Waals surface area contributed by atoms with E-state index in [-0.39, 0.29) is 17.9 Å². The number of rotatable bonds is 4. The lowest BCUT2D eigenvalue weighted by molar-refractivity contribution is -0.126. The quantitative estimate of drug-likeness (QED) is 0.675. The lowest BCUT2D eigenvalue weighted by atomic mass is 9.87. The minimum absolute atomic E-state index is 0.0157. The number of carbonyl (C=O) groups is 2. The third-order valence-corrected chi connectivity index (χ3v) is 4.69. The molecule has 0 unspecified atom stereocenters. The summed E-state index contributed by atoms with van der Waals surface area (Å²) in [6, 6.07) is 21.0. The van der Waals surface area contributed by atoms with Gasteiger partial charge in [-0.3, -0.25) is 20.0 Å². The highest BCUT2D eigenvalue weighted by atomic mass is 16.5. The van der Waals surface area contributed by atoms with Gasteiger partial charge in [0.1, 0.15) is 5.75 Å². The van der Waals surface area contributed by atoms with Crippen LogP contribution in [-0.4, -0.2) is 30.5 Å². The van der Waals surface area contributed by atoms with Crippen LogP contribution < -0.4 is 10.2 Å². The van der Waals surface area contributed by atoms with Crippen molar-refractivity contribution in [3.05, 3.63) is 77.9 Å². The van der Waals surface area contributed by atoms with Crippen LogP contribution in [0.3, 0.4) is 0 Å². The fraction of sp³-hybridized carbons (Fsp3) is 0.250. The number of carbonyl (C=O) groups excluding carboxylic acids is 2. The van der Waals surface area contributed by atoms with Gasteiger partial charge in [0, 0.05) is 12.6 Å². The summed E-state index contributed by atoms with van der Waals surface area (Å²) in [5.74, 6) is -0.0876. The molecule has 5 nitrogen and oxygen atoms in total. The molecule has 3 aromatic rings. The molecule has 3 rings (SSSR count). The van der Waals surface area contributed by atoms with Gasteiger partial charge in [0.2, 0.25) is 0 Å². The number of hydrogen-bond donors (Lipinski definition) is 1. The summed E-state index contributed by atoms with van der Waals surface area (Å²) in [5, 5.41) is 3.32. The smallest absolute Gasteiger partial charge is 0.276 e. The summed E-state index contributed by atoms with van der Waals surface area (Å²) in [6.45, 7) is 6.17. The van der Waals surface area contributed by atoms with E-state index in [1.54, 1.807) is 12.1 Å². The normalized spacial score (nSPS) is 11.2. The predicted octanol–water partition coefficient (Wildman–Crippen LogP) is 4.32. The van der Waals surface area contributed by atoms with E-state index in [9.17, 15) is 9.59 Å².